The zero-order valence-corrected chi connectivity index (χ0v) is 19.1. The summed E-state index contributed by atoms with van der Waals surface area (Å²) in [5.74, 6) is -0.890. The maximum Gasteiger partial charge on any atom is 0.300 e. The van der Waals surface area contributed by atoms with Gasteiger partial charge in [-0.3, -0.25) is 14.5 Å². The van der Waals surface area contributed by atoms with E-state index in [1.54, 1.807) is 66.7 Å². The Morgan fingerprint density at radius 1 is 0.970 bits per heavy atom. The molecule has 4 rings (SSSR count). The molecule has 0 bridgehead atoms. The van der Waals surface area contributed by atoms with E-state index in [1.165, 1.54) is 19.1 Å². The number of aryl methyl sites for hydroxylation is 1. The normalized spacial score (nSPS) is 17.3. The van der Waals surface area contributed by atoms with Crippen molar-refractivity contribution in [2.24, 2.45) is 0 Å². The fraction of sp³-hybridized carbons (Fsp3) is 0.154. The Hall–Kier alpha value is -3.77. The molecule has 1 heterocycles. The molecular weight excluding hydrogens is 442 g/mol. The Balaban J connectivity index is 1.99. The number of benzene rings is 3. The standard InChI is InChI=1S/C26H22ClNO5/c1-15-11-12-17(14-20(15)27)28-23(19-9-4-5-10-21(19)33-3)22(25(30)26(28)31)24(29)16-7-6-8-18(13-16)32-2/h4-14,23,29H,1-3H3/b24-22+. The van der Waals surface area contributed by atoms with E-state index in [9.17, 15) is 14.7 Å². The van der Waals surface area contributed by atoms with E-state index in [2.05, 4.69) is 0 Å². The number of hydrogen-bond donors (Lipinski definition) is 1. The van der Waals surface area contributed by atoms with Gasteiger partial charge in [0.05, 0.1) is 25.8 Å². The SMILES string of the molecule is COc1cccc(/C(O)=C2\C(=O)C(=O)N(c3ccc(C)c(Cl)c3)C2c2ccccc2OC)c1. The van der Waals surface area contributed by atoms with E-state index in [4.69, 9.17) is 21.1 Å². The predicted octanol–water partition coefficient (Wildman–Crippen LogP) is 5.29. The number of halogens is 1. The molecule has 0 spiro atoms. The van der Waals surface area contributed by atoms with Crippen LogP contribution in [0.15, 0.2) is 72.3 Å². The smallest absolute Gasteiger partial charge is 0.300 e. The number of anilines is 1. The molecule has 0 radical (unpaired) electrons. The number of nitrogens with zero attached hydrogens (tertiary/aromatic N) is 1. The lowest BCUT2D eigenvalue weighted by Gasteiger charge is -2.27. The molecule has 1 aliphatic heterocycles. The fourth-order valence-corrected chi connectivity index (χ4v) is 4.12. The summed E-state index contributed by atoms with van der Waals surface area (Å²) in [6, 6.07) is 18.0. The summed E-state index contributed by atoms with van der Waals surface area (Å²) in [7, 11) is 3.02. The van der Waals surface area contributed by atoms with Crippen LogP contribution in [0.3, 0.4) is 0 Å². The Labute approximate surface area is 196 Å². The third-order valence-electron chi connectivity index (χ3n) is 5.65. The Kier molecular flexibility index (Phi) is 6.11. The summed E-state index contributed by atoms with van der Waals surface area (Å²) < 4.78 is 10.8. The average molecular weight is 464 g/mol. The van der Waals surface area contributed by atoms with Gasteiger partial charge in [0.25, 0.3) is 11.7 Å². The second-order valence-electron chi connectivity index (χ2n) is 7.58. The maximum atomic E-state index is 13.3. The van der Waals surface area contributed by atoms with Crippen molar-refractivity contribution < 1.29 is 24.2 Å². The van der Waals surface area contributed by atoms with Crippen LogP contribution < -0.4 is 14.4 Å². The number of ether oxygens (including phenoxy) is 2. The summed E-state index contributed by atoms with van der Waals surface area (Å²) in [5, 5.41) is 11.7. The van der Waals surface area contributed by atoms with Crippen LogP contribution in [0.25, 0.3) is 5.76 Å². The highest BCUT2D eigenvalue weighted by molar-refractivity contribution is 6.52. The number of amides is 1. The quantitative estimate of drug-likeness (QED) is 0.316. The maximum absolute atomic E-state index is 13.3. The van der Waals surface area contributed by atoms with Crippen molar-refractivity contribution in [3.8, 4) is 11.5 Å². The average Bonchev–Trinajstić information content (AvgIpc) is 3.10. The first-order valence-electron chi connectivity index (χ1n) is 10.2. The Morgan fingerprint density at radius 3 is 2.42 bits per heavy atom. The number of rotatable bonds is 5. The third-order valence-corrected chi connectivity index (χ3v) is 6.06. The minimum atomic E-state index is -0.925. The number of methoxy groups -OCH3 is 2. The molecule has 168 valence electrons. The van der Waals surface area contributed by atoms with Gasteiger partial charge in [-0.05, 0) is 42.8 Å². The second kappa shape index (κ2) is 9.00. The minimum Gasteiger partial charge on any atom is -0.507 e. The minimum absolute atomic E-state index is 0.0468. The zero-order valence-electron chi connectivity index (χ0n) is 18.3. The molecular formula is C26H22ClNO5. The molecule has 1 N–H and O–H groups in total. The molecule has 0 aliphatic carbocycles. The van der Waals surface area contributed by atoms with Crippen LogP contribution in [-0.4, -0.2) is 31.0 Å². The number of carbonyl (C=O) groups is 2. The van der Waals surface area contributed by atoms with Gasteiger partial charge in [-0.2, -0.15) is 0 Å². The molecule has 0 aromatic heterocycles. The van der Waals surface area contributed by atoms with Crippen molar-refractivity contribution in [1.29, 1.82) is 0 Å². The fourth-order valence-electron chi connectivity index (χ4n) is 3.94. The number of ketones is 1. The first-order chi connectivity index (χ1) is 15.9. The van der Waals surface area contributed by atoms with Gasteiger partial charge in [-0.15, -0.1) is 0 Å². The predicted molar refractivity (Wildman–Crippen MR) is 127 cm³/mol. The van der Waals surface area contributed by atoms with Crippen LogP contribution in [0.4, 0.5) is 5.69 Å². The summed E-state index contributed by atoms with van der Waals surface area (Å²) in [4.78, 5) is 27.9. The number of Topliss-reactive ketones (excluding diaryl/α,β-unsaturated/α-hetero) is 1. The van der Waals surface area contributed by atoms with Crippen LogP contribution in [0.2, 0.25) is 5.02 Å². The van der Waals surface area contributed by atoms with Crippen molar-refractivity contribution in [2.45, 2.75) is 13.0 Å². The van der Waals surface area contributed by atoms with E-state index < -0.39 is 17.7 Å². The van der Waals surface area contributed by atoms with Crippen molar-refractivity contribution in [3.05, 3.63) is 94.0 Å². The van der Waals surface area contributed by atoms with E-state index in [0.29, 0.717) is 33.3 Å². The lowest BCUT2D eigenvalue weighted by Crippen LogP contribution is -2.29. The van der Waals surface area contributed by atoms with Gasteiger partial charge in [-0.1, -0.05) is 48.0 Å². The second-order valence-corrected chi connectivity index (χ2v) is 7.98. The van der Waals surface area contributed by atoms with Crippen molar-refractivity contribution >= 4 is 34.7 Å². The lowest BCUT2D eigenvalue weighted by molar-refractivity contribution is -0.132. The molecule has 0 saturated carbocycles. The van der Waals surface area contributed by atoms with Crippen LogP contribution in [0, 0.1) is 6.92 Å². The Morgan fingerprint density at radius 2 is 1.73 bits per heavy atom. The zero-order chi connectivity index (χ0) is 23.7. The van der Waals surface area contributed by atoms with Crippen molar-refractivity contribution in [2.75, 3.05) is 19.1 Å². The number of aliphatic hydroxyl groups is 1. The number of para-hydroxylation sites is 1. The Bertz CT molecular complexity index is 1280. The number of aliphatic hydroxyl groups excluding tert-OH is 1. The first kappa shape index (κ1) is 22.4. The first-order valence-corrected chi connectivity index (χ1v) is 10.6. The largest absolute Gasteiger partial charge is 0.507 e. The summed E-state index contributed by atoms with van der Waals surface area (Å²) in [5.41, 5.74) is 2.14. The molecule has 3 aromatic carbocycles. The molecule has 7 heteroatoms. The molecule has 1 unspecified atom stereocenters. The summed E-state index contributed by atoms with van der Waals surface area (Å²) >= 11 is 6.33. The topological polar surface area (TPSA) is 76.1 Å². The van der Waals surface area contributed by atoms with Gasteiger partial charge in [0, 0.05) is 21.8 Å². The molecule has 1 aliphatic rings. The van der Waals surface area contributed by atoms with E-state index >= 15 is 0 Å². The van der Waals surface area contributed by atoms with Gasteiger partial charge in [0.15, 0.2) is 0 Å². The summed E-state index contributed by atoms with van der Waals surface area (Å²) in [6.07, 6.45) is 0. The van der Waals surface area contributed by atoms with Gasteiger partial charge < -0.3 is 14.6 Å². The van der Waals surface area contributed by atoms with Crippen LogP contribution in [0.1, 0.15) is 22.7 Å². The van der Waals surface area contributed by atoms with Gasteiger partial charge in [0.1, 0.15) is 17.3 Å². The van der Waals surface area contributed by atoms with E-state index in [1.807, 2.05) is 6.92 Å². The highest BCUT2D eigenvalue weighted by atomic mass is 35.5. The number of hydrogen-bond acceptors (Lipinski definition) is 5. The van der Waals surface area contributed by atoms with E-state index in [-0.39, 0.29) is 11.3 Å². The molecule has 33 heavy (non-hydrogen) atoms. The molecule has 1 amide bonds. The van der Waals surface area contributed by atoms with Gasteiger partial charge in [-0.25, -0.2) is 0 Å². The van der Waals surface area contributed by atoms with Gasteiger partial charge >= 0.3 is 0 Å². The van der Waals surface area contributed by atoms with Crippen molar-refractivity contribution in [3.63, 3.8) is 0 Å². The van der Waals surface area contributed by atoms with Gasteiger partial charge in [0.2, 0.25) is 0 Å². The van der Waals surface area contributed by atoms with Crippen LogP contribution >= 0.6 is 11.6 Å². The highest BCUT2D eigenvalue weighted by Crippen LogP contribution is 2.45. The lowest BCUT2D eigenvalue weighted by atomic mass is 9.94. The third kappa shape index (κ3) is 3.94. The van der Waals surface area contributed by atoms with Crippen LogP contribution in [0.5, 0.6) is 11.5 Å². The molecule has 1 saturated heterocycles. The highest BCUT2D eigenvalue weighted by Gasteiger charge is 2.48. The van der Waals surface area contributed by atoms with E-state index in [0.717, 1.165) is 5.56 Å². The molecule has 6 nitrogen and oxygen atoms in total. The monoisotopic (exact) mass is 463 g/mol. The molecule has 3 aromatic rings. The van der Waals surface area contributed by atoms with Crippen LogP contribution in [-0.2, 0) is 9.59 Å². The van der Waals surface area contributed by atoms with Crippen molar-refractivity contribution in [1.82, 2.24) is 0 Å². The molecule has 1 fully saturated rings. The summed E-state index contributed by atoms with van der Waals surface area (Å²) in [6.45, 7) is 1.85. The number of carbonyl (C=O) groups excluding carboxylic acids is 2. The molecule has 1 atom stereocenters.